The maximum atomic E-state index is 11.6. The zero-order chi connectivity index (χ0) is 13.5. The predicted octanol–water partition coefficient (Wildman–Crippen LogP) is -0.100. The molecule has 5 heteroatoms. The summed E-state index contributed by atoms with van der Waals surface area (Å²) < 4.78 is 0. The summed E-state index contributed by atoms with van der Waals surface area (Å²) in [5.74, 6) is 0.104. The van der Waals surface area contributed by atoms with Gasteiger partial charge < -0.3 is 10.4 Å². The molecule has 1 amide bonds. The first-order chi connectivity index (χ1) is 8.56. The molecule has 0 aromatic rings. The fraction of sp³-hybridized carbons (Fsp3) is 0.923. The molecule has 1 atom stereocenters. The van der Waals surface area contributed by atoms with E-state index < -0.39 is 0 Å². The molecule has 18 heavy (non-hydrogen) atoms. The van der Waals surface area contributed by atoms with Crippen molar-refractivity contribution >= 4 is 5.91 Å². The van der Waals surface area contributed by atoms with Crippen LogP contribution in [-0.4, -0.2) is 72.2 Å². The molecule has 0 aromatic carbocycles. The zero-order valence-electron chi connectivity index (χ0n) is 11.9. The molecule has 5 nitrogen and oxygen atoms in total. The summed E-state index contributed by atoms with van der Waals surface area (Å²) in [5, 5.41) is 12.2. The number of hydrogen-bond donors (Lipinski definition) is 2. The second-order valence-corrected chi connectivity index (χ2v) is 5.28. The molecule has 1 fully saturated rings. The van der Waals surface area contributed by atoms with Crippen LogP contribution in [0.25, 0.3) is 0 Å². The van der Waals surface area contributed by atoms with Crippen LogP contribution >= 0.6 is 0 Å². The zero-order valence-corrected chi connectivity index (χ0v) is 11.9. The van der Waals surface area contributed by atoms with E-state index in [-0.39, 0.29) is 24.6 Å². The van der Waals surface area contributed by atoms with Gasteiger partial charge in [0.15, 0.2) is 0 Å². The first-order valence-electron chi connectivity index (χ1n) is 6.93. The van der Waals surface area contributed by atoms with Gasteiger partial charge in [0.1, 0.15) is 0 Å². The number of rotatable bonds is 6. The lowest BCUT2D eigenvalue weighted by Crippen LogP contribution is -2.53. The van der Waals surface area contributed by atoms with Crippen LogP contribution in [0.4, 0.5) is 0 Å². The van der Waals surface area contributed by atoms with Gasteiger partial charge in [0.05, 0.1) is 13.2 Å². The number of carbonyl (C=O) groups excluding carboxylic acids is 1. The largest absolute Gasteiger partial charge is 0.395 e. The average molecular weight is 257 g/mol. The van der Waals surface area contributed by atoms with Crippen molar-refractivity contribution in [3.8, 4) is 0 Å². The van der Waals surface area contributed by atoms with Gasteiger partial charge in [-0.05, 0) is 20.3 Å². The molecule has 2 N–H and O–H groups in total. The van der Waals surface area contributed by atoms with Gasteiger partial charge >= 0.3 is 0 Å². The highest BCUT2D eigenvalue weighted by Gasteiger charge is 2.23. The molecule has 1 aliphatic heterocycles. The van der Waals surface area contributed by atoms with Gasteiger partial charge in [-0.2, -0.15) is 0 Å². The second-order valence-electron chi connectivity index (χ2n) is 5.28. The SMILES string of the molecule is CCC(CO)N1CCN(CC(=O)NC(C)C)CC1. The van der Waals surface area contributed by atoms with Crippen molar-refractivity contribution in [2.75, 3.05) is 39.3 Å². The fourth-order valence-electron chi connectivity index (χ4n) is 2.36. The predicted molar refractivity (Wildman–Crippen MR) is 72.5 cm³/mol. The van der Waals surface area contributed by atoms with Crippen molar-refractivity contribution in [1.82, 2.24) is 15.1 Å². The number of piperazine rings is 1. The van der Waals surface area contributed by atoms with Gasteiger partial charge in [-0.15, -0.1) is 0 Å². The summed E-state index contributed by atoms with van der Waals surface area (Å²) in [5.41, 5.74) is 0. The molecule has 0 aromatic heterocycles. The van der Waals surface area contributed by atoms with Gasteiger partial charge in [0.2, 0.25) is 5.91 Å². The van der Waals surface area contributed by atoms with Crippen LogP contribution in [-0.2, 0) is 4.79 Å². The van der Waals surface area contributed by atoms with Crippen molar-refractivity contribution in [1.29, 1.82) is 0 Å². The Hall–Kier alpha value is -0.650. The Morgan fingerprint density at radius 2 is 1.89 bits per heavy atom. The van der Waals surface area contributed by atoms with E-state index in [4.69, 9.17) is 0 Å². The van der Waals surface area contributed by atoms with Gasteiger partial charge in [-0.1, -0.05) is 6.92 Å². The number of amides is 1. The van der Waals surface area contributed by atoms with Gasteiger partial charge in [-0.25, -0.2) is 0 Å². The highest BCUT2D eigenvalue weighted by atomic mass is 16.3. The normalized spacial score (nSPS) is 20.1. The minimum Gasteiger partial charge on any atom is -0.395 e. The van der Waals surface area contributed by atoms with E-state index in [0.29, 0.717) is 6.54 Å². The highest BCUT2D eigenvalue weighted by molar-refractivity contribution is 5.78. The Labute approximate surface area is 110 Å². The summed E-state index contributed by atoms with van der Waals surface area (Å²) in [6.45, 7) is 10.5. The Balaban J connectivity index is 2.29. The lowest BCUT2D eigenvalue weighted by molar-refractivity contribution is -0.123. The fourth-order valence-corrected chi connectivity index (χ4v) is 2.36. The molecule has 1 unspecified atom stereocenters. The number of nitrogens with zero attached hydrogens (tertiary/aromatic N) is 2. The second kappa shape index (κ2) is 7.71. The van der Waals surface area contributed by atoms with E-state index in [1.165, 1.54) is 0 Å². The van der Waals surface area contributed by atoms with Crippen LogP contribution in [0.15, 0.2) is 0 Å². The van der Waals surface area contributed by atoms with Crippen molar-refractivity contribution in [3.63, 3.8) is 0 Å². The van der Waals surface area contributed by atoms with Crippen LogP contribution in [0.1, 0.15) is 27.2 Å². The van der Waals surface area contributed by atoms with Crippen molar-refractivity contribution in [2.45, 2.75) is 39.3 Å². The van der Waals surface area contributed by atoms with Crippen LogP contribution in [0.3, 0.4) is 0 Å². The van der Waals surface area contributed by atoms with E-state index in [1.807, 2.05) is 13.8 Å². The smallest absolute Gasteiger partial charge is 0.234 e. The number of aliphatic hydroxyl groups is 1. The van der Waals surface area contributed by atoms with E-state index in [9.17, 15) is 9.90 Å². The number of aliphatic hydroxyl groups excluding tert-OH is 1. The maximum absolute atomic E-state index is 11.6. The van der Waals surface area contributed by atoms with Crippen molar-refractivity contribution in [2.24, 2.45) is 0 Å². The van der Waals surface area contributed by atoms with Crippen LogP contribution in [0.5, 0.6) is 0 Å². The first-order valence-corrected chi connectivity index (χ1v) is 6.93. The minimum atomic E-state index is 0.104. The van der Waals surface area contributed by atoms with Gasteiger partial charge in [0.25, 0.3) is 0 Å². The number of hydrogen-bond acceptors (Lipinski definition) is 4. The van der Waals surface area contributed by atoms with Crippen molar-refractivity contribution in [3.05, 3.63) is 0 Å². The molecule has 106 valence electrons. The third kappa shape index (κ3) is 4.92. The van der Waals surface area contributed by atoms with E-state index in [1.54, 1.807) is 0 Å². The molecular formula is C13H27N3O2. The first kappa shape index (κ1) is 15.4. The lowest BCUT2D eigenvalue weighted by Gasteiger charge is -2.38. The Morgan fingerprint density at radius 3 is 2.33 bits per heavy atom. The molecule has 0 spiro atoms. The molecule has 0 radical (unpaired) electrons. The molecule has 1 saturated heterocycles. The quantitative estimate of drug-likeness (QED) is 0.698. The molecule has 1 aliphatic rings. The number of nitrogens with one attached hydrogen (secondary N) is 1. The maximum Gasteiger partial charge on any atom is 0.234 e. The third-order valence-electron chi connectivity index (χ3n) is 3.42. The Kier molecular flexibility index (Phi) is 6.60. The summed E-state index contributed by atoms with van der Waals surface area (Å²) in [6, 6.07) is 0.481. The molecule has 0 saturated carbocycles. The van der Waals surface area contributed by atoms with Crippen LogP contribution in [0.2, 0.25) is 0 Å². The molecule has 1 heterocycles. The minimum absolute atomic E-state index is 0.104. The summed E-state index contributed by atoms with van der Waals surface area (Å²) in [4.78, 5) is 16.1. The van der Waals surface area contributed by atoms with E-state index in [0.717, 1.165) is 32.6 Å². The Bertz CT molecular complexity index is 247. The molecular weight excluding hydrogens is 230 g/mol. The van der Waals surface area contributed by atoms with Crippen molar-refractivity contribution < 1.29 is 9.90 Å². The highest BCUT2D eigenvalue weighted by Crippen LogP contribution is 2.08. The average Bonchev–Trinajstić information content (AvgIpc) is 2.31. The lowest BCUT2D eigenvalue weighted by atomic mass is 10.1. The standard InChI is InChI=1S/C13H27N3O2/c1-4-12(10-17)16-7-5-15(6-8-16)9-13(18)14-11(2)3/h11-12,17H,4-10H2,1-3H3,(H,14,18). The molecule has 0 aliphatic carbocycles. The third-order valence-corrected chi connectivity index (χ3v) is 3.42. The molecule has 1 rings (SSSR count). The van der Waals surface area contributed by atoms with Crippen LogP contribution in [0, 0.1) is 0 Å². The monoisotopic (exact) mass is 257 g/mol. The Morgan fingerprint density at radius 1 is 1.28 bits per heavy atom. The molecule has 0 bridgehead atoms. The van der Waals surface area contributed by atoms with Gasteiger partial charge in [-0.3, -0.25) is 14.6 Å². The summed E-state index contributed by atoms with van der Waals surface area (Å²) in [6.07, 6.45) is 0.977. The van der Waals surface area contributed by atoms with Crippen LogP contribution < -0.4 is 5.32 Å². The summed E-state index contributed by atoms with van der Waals surface area (Å²) >= 11 is 0. The topological polar surface area (TPSA) is 55.8 Å². The number of carbonyl (C=O) groups is 1. The summed E-state index contributed by atoms with van der Waals surface area (Å²) in [7, 11) is 0. The van der Waals surface area contributed by atoms with Gasteiger partial charge in [0, 0.05) is 38.3 Å². The van der Waals surface area contributed by atoms with E-state index >= 15 is 0 Å². The van der Waals surface area contributed by atoms with E-state index in [2.05, 4.69) is 22.0 Å².